The fourth-order valence-electron chi connectivity index (χ4n) is 3.24. The summed E-state index contributed by atoms with van der Waals surface area (Å²) in [5.74, 6) is 0.971. The van der Waals surface area contributed by atoms with Crippen LogP contribution in [0.2, 0.25) is 0 Å². The fourth-order valence-corrected chi connectivity index (χ4v) is 3.24. The molecule has 1 aromatic rings. The van der Waals surface area contributed by atoms with Crippen molar-refractivity contribution >= 4 is 17.8 Å². The number of hydrogen-bond donors (Lipinski definition) is 2. The van der Waals surface area contributed by atoms with Gasteiger partial charge in [-0.25, -0.2) is 0 Å². The first-order chi connectivity index (χ1) is 13.5. The minimum atomic E-state index is 0.0732. The van der Waals surface area contributed by atoms with Gasteiger partial charge in [0, 0.05) is 52.1 Å². The van der Waals surface area contributed by atoms with Gasteiger partial charge in [0.15, 0.2) is 5.96 Å². The molecule has 2 N–H and O–H groups in total. The Morgan fingerprint density at radius 2 is 2.00 bits per heavy atom. The third-order valence-electron chi connectivity index (χ3n) is 4.81. The van der Waals surface area contributed by atoms with Gasteiger partial charge in [-0.1, -0.05) is 37.3 Å². The Balaban J connectivity index is 1.80. The van der Waals surface area contributed by atoms with Gasteiger partial charge in [-0.3, -0.25) is 14.6 Å². The molecule has 1 aromatic carbocycles. The van der Waals surface area contributed by atoms with Gasteiger partial charge in [-0.2, -0.15) is 0 Å². The first-order valence-corrected chi connectivity index (χ1v) is 10.1. The van der Waals surface area contributed by atoms with Crippen LogP contribution < -0.4 is 10.6 Å². The molecule has 1 aliphatic rings. The molecular weight excluding hydrogens is 354 g/mol. The molecule has 1 fully saturated rings. The highest BCUT2D eigenvalue weighted by atomic mass is 16.2. The Labute approximate surface area is 168 Å². The van der Waals surface area contributed by atoms with Crippen LogP contribution in [0.1, 0.15) is 38.7 Å². The van der Waals surface area contributed by atoms with E-state index in [0.29, 0.717) is 38.4 Å². The summed E-state index contributed by atoms with van der Waals surface area (Å²) in [6.45, 7) is 7.17. The van der Waals surface area contributed by atoms with Crippen LogP contribution in [0.5, 0.6) is 0 Å². The molecule has 7 nitrogen and oxygen atoms in total. The van der Waals surface area contributed by atoms with E-state index in [0.717, 1.165) is 25.1 Å². The average molecular weight is 388 g/mol. The summed E-state index contributed by atoms with van der Waals surface area (Å²) in [4.78, 5) is 32.3. The standard InChI is InChI=1S/C21H33N5O2/c1-4-19(27)26-14-12-18(16-26)24-21(22-5-2)23-13-11-20(28)25(3)15-17-9-7-6-8-10-17/h6-10,18H,4-5,11-16H2,1-3H3,(H2,22,23,24). The summed E-state index contributed by atoms with van der Waals surface area (Å²) in [7, 11) is 1.82. The van der Waals surface area contributed by atoms with Crippen molar-refractivity contribution in [1.29, 1.82) is 0 Å². The largest absolute Gasteiger partial charge is 0.357 e. The van der Waals surface area contributed by atoms with Crippen LogP contribution in [-0.4, -0.2) is 66.8 Å². The highest BCUT2D eigenvalue weighted by molar-refractivity contribution is 5.81. The number of likely N-dealkylation sites (tertiary alicyclic amines) is 1. The quantitative estimate of drug-likeness (QED) is 0.525. The highest BCUT2D eigenvalue weighted by Crippen LogP contribution is 2.10. The molecule has 1 atom stereocenters. The van der Waals surface area contributed by atoms with E-state index in [-0.39, 0.29) is 17.9 Å². The zero-order valence-corrected chi connectivity index (χ0v) is 17.3. The van der Waals surface area contributed by atoms with Crippen molar-refractivity contribution in [3.63, 3.8) is 0 Å². The zero-order valence-electron chi connectivity index (χ0n) is 17.3. The summed E-state index contributed by atoms with van der Waals surface area (Å²) in [6, 6.07) is 10.2. The summed E-state index contributed by atoms with van der Waals surface area (Å²) in [5, 5.41) is 6.61. The maximum absolute atomic E-state index is 12.4. The Kier molecular flexibility index (Phi) is 8.78. The molecular formula is C21H33N5O2. The molecule has 0 spiro atoms. The van der Waals surface area contributed by atoms with Gasteiger partial charge in [-0.15, -0.1) is 0 Å². The number of benzene rings is 1. The maximum Gasteiger partial charge on any atom is 0.224 e. The van der Waals surface area contributed by atoms with E-state index in [1.165, 1.54) is 0 Å². The normalized spacial score (nSPS) is 16.8. The second-order valence-corrected chi connectivity index (χ2v) is 7.07. The number of rotatable bonds is 8. The molecule has 7 heteroatoms. The Morgan fingerprint density at radius 3 is 2.68 bits per heavy atom. The van der Waals surface area contributed by atoms with Crippen LogP contribution in [-0.2, 0) is 16.1 Å². The van der Waals surface area contributed by atoms with Crippen molar-refractivity contribution < 1.29 is 9.59 Å². The van der Waals surface area contributed by atoms with Crippen molar-refractivity contribution in [2.24, 2.45) is 4.99 Å². The number of carbonyl (C=O) groups is 2. The van der Waals surface area contributed by atoms with E-state index < -0.39 is 0 Å². The second kappa shape index (κ2) is 11.3. The Bertz CT molecular complexity index is 662. The monoisotopic (exact) mass is 387 g/mol. The minimum Gasteiger partial charge on any atom is -0.357 e. The molecule has 0 radical (unpaired) electrons. The molecule has 1 unspecified atom stereocenters. The summed E-state index contributed by atoms with van der Waals surface area (Å²) >= 11 is 0. The van der Waals surface area contributed by atoms with Crippen LogP contribution in [0.3, 0.4) is 0 Å². The van der Waals surface area contributed by atoms with Crippen LogP contribution >= 0.6 is 0 Å². The van der Waals surface area contributed by atoms with Crippen molar-refractivity contribution in [1.82, 2.24) is 20.4 Å². The van der Waals surface area contributed by atoms with Gasteiger partial charge < -0.3 is 20.4 Å². The van der Waals surface area contributed by atoms with Crippen LogP contribution in [0.25, 0.3) is 0 Å². The number of guanidine groups is 1. The van der Waals surface area contributed by atoms with Crippen molar-refractivity contribution in [2.75, 3.05) is 33.2 Å². The Hall–Kier alpha value is -2.57. The number of amides is 2. The van der Waals surface area contributed by atoms with Crippen LogP contribution in [0.15, 0.2) is 35.3 Å². The number of hydrogen-bond acceptors (Lipinski definition) is 3. The average Bonchev–Trinajstić information content (AvgIpc) is 3.16. The number of nitrogens with one attached hydrogen (secondary N) is 2. The summed E-state index contributed by atoms with van der Waals surface area (Å²) < 4.78 is 0. The van der Waals surface area contributed by atoms with Crippen LogP contribution in [0.4, 0.5) is 0 Å². The van der Waals surface area contributed by atoms with Gasteiger partial charge in [0.25, 0.3) is 0 Å². The van der Waals surface area contributed by atoms with Gasteiger partial charge in [0.05, 0.1) is 6.54 Å². The smallest absolute Gasteiger partial charge is 0.224 e. The first kappa shape index (κ1) is 21.7. The third kappa shape index (κ3) is 6.87. The van der Waals surface area contributed by atoms with E-state index in [1.807, 2.05) is 56.1 Å². The van der Waals surface area contributed by atoms with Gasteiger partial charge >= 0.3 is 0 Å². The van der Waals surface area contributed by atoms with Crippen molar-refractivity contribution in [3.8, 4) is 0 Å². The Morgan fingerprint density at radius 1 is 1.25 bits per heavy atom. The van der Waals surface area contributed by atoms with E-state index in [1.54, 1.807) is 4.90 Å². The molecule has 1 saturated heterocycles. The molecule has 154 valence electrons. The van der Waals surface area contributed by atoms with Gasteiger partial charge in [0.2, 0.25) is 11.8 Å². The van der Waals surface area contributed by atoms with E-state index in [9.17, 15) is 9.59 Å². The van der Waals surface area contributed by atoms with E-state index >= 15 is 0 Å². The molecule has 28 heavy (non-hydrogen) atoms. The predicted molar refractivity (Wildman–Crippen MR) is 112 cm³/mol. The SMILES string of the molecule is CCNC(=NCCC(=O)N(C)Cc1ccccc1)NC1CCN(C(=O)CC)C1. The highest BCUT2D eigenvalue weighted by Gasteiger charge is 2.25. The lowest BCUT2D eigenvalue weighted by molar-refractivity contribution is -0.130. The zero-order chi connectivity index (χ0) is 20.4. The molecule has 0 saturated carbocycles. The lowest BCUT2D eigenvalue weighted by atomic mass is 10.2. The maximum atomic E-state index is 12.4. The van der Waals surface area contributed by atoms with E-state index in [4.69, 9.17) is 0 Å². The second-order valence-electron chi connectivity index (χ2n) is 7.07. The van der Waals surface area contributed by atoms with Crippen LogP contribution in [0, 0.1) is 0 Å². The number of nitrogens with zero attached hydrogens (tertiary/aromatic N) is 3. The molecule has 1 aliphatic heterocycles. The van der Waals surface area contributed by atoms with Crippen molar-refractivity contribution in [3.05, 3.63) is 35.9 Å². The predicted octanol–water partition coefficient (Wildman–Crippen LogP) is 1.60. The number of carbonyl (C=O) groups excluding carboxylic acids is 2. The summed E-state index contributed by atoms with van der Waals surface area (Å²) in [5.41, 5.74) is 1.12. The topological polar surface area (TPSA) is 77.0 Å². The summed E-state index contributed by atoms with van der Waals surface area (Å²) in [6.07, 6.45) is 1.82. The molecule has 0 aromatic heterocycles. The molecule has 2 amide bonds. The lowest BCUT2D eigenvalue weighted by Crippen LogP contribution is -2.45. The molecule has 0 bridgehead atoms. The number of aliphatic imine (C=N–C) groups is 1. The van der Waals surface area contributed by atoms with Gasteiger partial charge in [-0.05, 0) is 18.9 Å². The third-order valence-corrected chi connectivity index (χ3v) is 4.81. The molecule has 2 rings (SSSR count). The lowest BCUT2D eigenvalue weighted by Gasteiger charge is -2.19. The first-order valence-electron chi connectivity index (χ1n) is 10.1. The van der Waals surface area contributed by atoms with Crippen molar-refractivity contribution in [2.45, 2.75) is 45.7 Å². The molecule has 0 aliphatic carbocycles. The molecule has 1 heterocycles. The van der Waals surface area contributed by atoms with E-state index in [2.05, 4.69) is 15.6 Å². The minimum absolute atomic E-state index is 0.0732. The van der Waals surface area contributed by atoms with Gasteiger partial charge in [0.1, 0.15) is 0 Å². The fraction of sp³-hybridized carbons (Fsp3) is 0.571.